The van der Waals surface area contributed by atoms with Crippen molar-refractivity contribution in [2.45, 2.75) is 39.0 Å². The maximum absolute atomic E-state index is 12.4. The molecule has 110 valence electrons. The fraction of sp³-hybridized carbons (Fsp3) is 0.467. The number of carboxylic acid groups (broad SMARTS) is 1. The summed E-state index contributed by atoms with van der Waals surface area (Å²) in [5, 5.41) is 9.17. The lowest BCUT2D eigenvalue weighted by molar-refractivity contribution is -0.155. The molecule has 2 unspecified atom stereocenters. The molecule has 5 heteroatoms. The molecule has 0 aliphatic rings. The first kappa shape index (κ1) is 16.2. The number of methoxy groups -OCH3 is 1. The first-order valence-corrected chi connectivity index (χ1v) is 6.61. The smallest absolute Gasteiger partial charge is 0.326 e. The minimum atomic E-state index is -1.03. The van der Waals surface area contributed by atoms with Crippen LogP contribution in [0.1, 0.15) is 25.8 Å². The van der Waals surface area contributed by atoms with E-state index in [2.05, 4.69) is 0 Å². The van der Waals surface area contributed by atoms with E-state index in [1.165, 1.54) is 18.9 Å². The van der Waals surface area contributed by atoms with Crippen molar-refractivity contribution in [1.82, 2.24) is 4.90 Å². The van der Waals surface area contributed by atoms with Gasteiger partial charge in [-0.15, -0.1) is 0 Å². The minimum absolute atomic E-state index is 0.257. The topological polar surface area (TPSA) is 66.8 Å². The van der Waals surface area contributed by atoms with Gasteiger partial charge in [-0.25, -0.2) is 4.79 Å². The fourth-order valence-electron chi connectivity index (χ4n) is 1.95. The van der Waals surface area contributed by atoms with Gasteiger partial charge in [0.1, 0.15) is 12.1 Å². The van der Waals surface area contributed by atoms with Gasteiger partial charge in [-0.3, -0.25) is 4.79 Å². The number of rotatable bonds is 7. The number of carbonyl (C=O) groups excluding carboxylic acids is 1. The van der Waals surface area contributed by atoms with Crippen molar-refractivity contribution in [3.05, 3.63) is 35.9 Å². The van der Waals surface area contributed by atoms with Crippen molar-refractivity contribution >= 4 is 11.9 Å². The number of ether oxygens (including phenoxy) is 1. The summed E-state index contributed by atoms with van der Waals surface area (Å²) in [5.41, 5.74) is 0.889. The highest BCUT2D eigenvalue weighted by Crippen LogP contribution is 2.13. The van der Waals surface area contributed by atoms with Gasteiger partial charge in [0.05, 0.1) is 0 Å². The Hall–Kier alpha value is -1.88. The van der Waals surface area contributed by atoms with Crippen LogP contribution in [0, 0.1) is 0 Å². The predicted molar refractivity (Wildman–Crippen MR) is 75.2 cm³/mol. The van der Waals surface area contributed by atoms with Gasteiger partial charge >= 0.3 is 5.97 Å². The average Bonchev–Trinajstić information content (AvgIpc) is 2.46. The maximum Gasteiger partial charge on any atom is 0.326 e. The van der Waals surface area contributed by atoms with Crippen LogP contribution in [0.4, 0.5) is 0 Å². The molecule has 1 N–H and O–H groups in total. The van der Waals surface area contributed by atoms with E-state index >= 15 is 0 Å². The van der Waals surface area contributed by atoms with Crippen LogP contribution in [-0.2, 0) is 20.9 Å². The number of amides is 1. The molecular weight excluding hydrogens is 258 g/mol. The number of aliphatic carboxylic acids is 1. The van der Waals surface area contributed by atoms with Crippen molar-refractivity contribution in [3.8, 4) is 0 Å². The van der Waals surface area contributed by atoms with Crippen LogP contribution in [0.3, 0.4) is 0 Å². The number of hydrogen-bond acceptors (Lipinski definition) is 3. The Morgan fingerprint density at radius 2 is 1.90 bits per heavy atom. The second kappa shape index (κ2) is 7.65. The standard InChI is InChI=1S/C15H21NO4/c1-4-13(20-3)14(17)16(11(2)15(18)19)10-12-8-6-5-7-9-12/h5-9,11,13H,4,10H2,1-3H3,(H,18,19). The Balaban J connectivity index is 2.96. The first-order chi connectivity index (χ1) is 9.51. The van der Waals surface area contributed by atoms with Crippen molar-refractivity contribution in [2.24, 2.45) is 0 Å². The molecule has 0 aliphatic heterocycles. The number of benzene rings is 1. The normalized spacial score (nSPS) is 13.6. The molecule has 0 fully saturated rings. The molecule has 0 saturated carbocycles. The van der Waals surface area contributed by atoms with E-state index in [0.29, 0.717) is 6.42 Å². The summed E-state index contributed by atoms with van der Waals surface area (Å²) in [6, 6.07) is 8.42. The maximum atomic E-state index is 12.4. The zero-order valence-electron chi connectivity index (χ0n) is 12.1. The lowest BCUT2D eigenvalue weighted by Gasteiger charge is -2.29. The quantitative estimate of drug-likeness (QED) is 0.828. The fourth-order valence-corrected chi connectivity index (χ4v) is 1.95. The van der Waals surface area contributed by atoms with Gasteiger partial charge in [0.25, 0.3) is 5.91 Å². The van der Waals surface area contributed by atoms with Crippen LogP contribution in [0.5, 0.6) is 0 Å². The van der Waals surface area contributed by atoms with Crippen LogP contribution >= 0.6 is 0 Å². The van der Waals surface area contributed by atoms with E-state index in [1.807, 2.05) is 37.3 Å². The van der Waals surface area contributed by atoms with E-state index in [9.17, 15) is 14.7 Å². The predicted octanol–water partition coefficient (Wildman–Crippen LogP) is 1.91. The summed E-state index contributed by atoms with van der Waals surface area (Å²) in [7, 11) is 1.46. The molecule has 0 saturated heterocycles. The second-order valence-corrected chi connectivity index (χ2v) is 4.60. The summed E-state index contributed by atoms with van der Waals surface area (Å²) in [6.07, 6.45) is -0.104. The zero-order valence-corrected chi connectivity index (χ0v) is 12.1. The molecule has 0 bridgehead atoms. The third-order valence-electron chi connectivity index (χ3n) is 3.23. The summed E-state index contributed by atoms with van der Waals surface area (Å²) >= 11 is 0. The van der Waals surface area contributed by atoms with Crippen LogP contribution in [0.2, 0.25) is 0 Å². The molecule has 2 atom stereocenters. The third-order valence-corrected chi connectivity index (χ3v) is 3.23. The van der Waals surface area contributed by atoms with Crippen LogP contribution in [0.25, 0.3) is 0 Å². The molecular formula is C15H21NO4. The summed E-state index contributed by atoms with van der Waals surface area (Å²) < 4.78 is 5.13. The highest BCUT2D eigenvalue weighted by Gasteiger charge is 2.30. The van der Waals surface area contributed by atoms with E-state index < -0.39 is 18.1 Å². The molecule has 0 spiro atoms. The number of carboxylic acids is 1. The molecule has 20 heavy (non-hydrogen) atoms. The molecule has 0 aliphatic carbocycles. The van der Waals surface area contributed by atoms with Gasteiger partial charge in [0, 0.05) is 13.7 Å². The molecule has 1 rings (SSSR count). The monoisotopic (exact) mass is 279 g/mol. The zero-order chi connectivity index (χ0) is 15.1. The van der Waals surface area contributed by atoms with E-state index in [1.54, 1.807) is 0 Å². The van der Waals surface area contributed by atoms with Gasteiger partial charge in [-0.2, -0.15) is 0 Å². The second-order valence-electron chi connectivity index (χ2n) is 4.60. The highest BCUT2D eigenvalue weighted by molar-refractivity contribution is 5.86. The lowest BCUT2D eigenvalue weighted by atomic mass is 10.1. The van der Waals surface area contributed by atoms with Crippen molar-refractivity contribution < 1.29 is 19.4 Å². The molecule has 0 aromatic heterocycles. The van der Waals surface area contributed by atoms with E-state index in [4.69, 9.17) is 4.74 Å². The summed E-state index contributed by atoms with van der Waals surface area (Å²) in [4.78, 5) is 24.9. The first-order valence-electron chi connectivity index (χ1n) is 6.61. The van der Waals surface area contributed by atoms with Crippen LogP contribution in [-0.4, -0.2) is 41.1 Å². The van der Waals surface area contributed by atoms with Gasteiger partial charge in [0.15, 0.2) is 0 Å². The largest absolute Gasteiger partial charge is 0.480 e. The Kier molecular flexibility index (Phi) is 6.18. The lowest BCUT2D eigenvalue weighted by Crippen LogP contribution is -2.47. The van der Waals surface area contributed by atoms with Crippen LogP contribution < -0.4 is 0 Å². The van der Waals surface area contributed by atoms with Gasteiger partial charge in [0.2, 0.25) is 0 Å². The Bertz CT molecular complexity index is 442. The molecule has 1 amide bonds. The minimum Gasteiger partial charge on any atom is -0.480 e. The Morgan fingerprint density at radius 3 is 2.35 bits per heavy atom. The van der Waals surface area contributed by atoms with Crippen molar-refractivity contribution in [3.63, 3.8) is 0 Å². The number of carbonyl (C=O) groups is 2. The van der Waals surface area contributed by atoms with E-state index in [-0.39, 0.29) is 12.5 Å². The molecule has 1 aromatic rings. The van der Waals surface area contributed by atoms with Gasteiger partial charge < -0.3 is 14.7 Å². The van der Waals surface area contributed by atoms with E-state index in [0.717, 1.165) is 5.56 Å². The highest BCUT2D eigenvalue weighted by atomic mass is 16.5. The summed E-state index contributed by atoms with van der Waals surface area (Å²) in [6.45, 7) is 3.59. The number of hydrogen-bond donors (Lipinski definition) is 1. The van der Waals surface area contributed by atoms with Crippen molar-refractivity contribution in [2.75, 3.05) is 7.11 Å². The van der Waals surface area contributed by atoms with Gasteiger partial charge in [-0.05, 0) is 18.9 Å². The number of nitrogens with zero attached hydrogens (tertiary/aromatic N) is 1. The molecule has 0 heterocycles. The molecule has 5 nitrogen and oxygen atoms in total. The van der Waals surface area contributed by atoms with Crippen molar-refractivity contribution in [1.29, 1.82) is 0 Å². The van der Waals surface area contributed by atoms with Crippen LogP contribution in [0.15, 0.2) is 30.3 Å². The molecule has 1 aromatic carbocycles. The Morgan fingerprint density at radius 1 is 1.30 bits per heavy atom. The molecule has 0 radical (unpaired) electrons. The Labute approximate surface area is 119 Å². The third kappa shape index (κ3) is 4.06. The SMILES string of the molecule is CCC(OC)C(=O)N(Cc1ccccc1)C(C)C(=O)O. The summed E-state index contributed by atoms with van der Waals surface area (Å²) in [5.74, 6) is -1.33. The average molecular weight is 279 g/mol. The van der Waals surface area contributed by atoms with Gasteiger partial charge in [-0.1, -0.05) is 37.3 Å².